The van der Waals surface area contributed by atoms with Crippen LogP contribution in [-0.4, -0.2) is 38.1 Å². The third-order valence-electron chi connectivity index (χ3n) is 6.19. The van der Waals surface area contributed by atoms with Crippen LogP contribution >= 0.6 is 0 Å². The molecule has 1 heterocycles. The molecule has 1 fully saturated rings. The Kier molecular flexibility index (Phi) is 4.39. The lowest BCUT2D eigenvalue weighted by Crippen LogP contribution is -2.49. The minimum absolute atomic E-state index is 0.101. The standard InChI is InChI=1S/C23H25N2O2/c1-25-12-9-16-13-20(26-2)21(27-3)14-18(16)22(25)23(10-6-11-23)19-8-5-4-7-17(19)15-24/h4-5,7-8,13-14H,6,9-12H2,1-3H3/q+1. The Morgan fingerprint density at radius 3 is 2.41 bits per heavy atom. The highest BCUT2D eigenvalue weighted by Crippen LogP contribution is 2.49. The summed E-state index contributed by atoms with van der Waals surface area (Å²) in [5.74, 6) is 1.53. The smallest absolute Gasteiger partial charge is 0.194 e. The van der Waals surface area contributed by atoms with E-state index in [0.717, 1.165) is 48.4 Å². The number of ether oxygens (including phenoxy) is 2. The van der Waals surface area contributed by atoms with Gasteiger partial charge >= 0.3 is 0 Å². The van der Waals surface area contributed by atoms with Crippen molar-refractivity contribution in [2.45, 2.75) is 31.1 Å². The highest BCUT2D eigenvalue weighted by molar-refractivity contribution is 6.07. The summed E-state index contributed by atoms with van der Waals surface area (Å²) in [5, 5.41) is 9.70. The van der Waals surface area contributed by atoms with Crippen LogP contribution in [0, 0.1) is 11.3 Å². The molecule has 4 nitrogen and oxygen atoms in total. The van der Waals surface area contributed by atoms with Crippen LogP contribution in [0.2, 0.25) is 0 Å². The van der Waals surface area contributed by atoms with Gasteiger partial charge in [-0.15, -0.1) is 0 Å². The lowest BCUT2D eigenvalue weighted by atomic mass is 9.58. The predicted octanol–water partition coefficient (Wildman–Crippen LogP) is 3.68. The molecule has 0 radical (unpaired) electrons. The van der Waals surface area contributed by atoms with E-state index in [1.165, 1.54) is 23.3 Å². The fourth-order valence-electron chi connectivity index (χ4n) is 4.74. The van der Waals surface area contributed by atoms with E-state index >= 15 is 0 Å². The van der Waals surface area contributed by atoms with Gasteiger partial charge in [0.2, 0.25) is 0 Å². The maximum absolute atomic E-state index is 9.70. The second-order valence-electron chi connectivity index (χ2n) is 7.48. The number of hydrogen-bond acceptors (Lipinski definition) is 3. The van der Waals surface area contributed by atoms with Crippen molar-refractivity contribution in [1.82, 2.24) is 0 Å². The molecule has 0 aromatic heterocycles. The molecule has 27 heavy (non-hydrogen) atoms. The monoisotopic (exact) mass is 361 g/mol. The van der Waals surface area contributed by atoms with E-state index in [0.29, 0.717) is 0 Å². The van der Waals surface area contributed by atoms with Crippen LogP contribution in [0.1, 0.15) is 41.5 Å². The molecule has 0 N–H and O–H groups in total. The van der Waals surface area contributed by atoms with Gasteiger partial charge in [0.05, 0.1) is 31.3 Å². The second kappa shape index (κ2) is 6.74. The normalized spacial score (nSPS) is 17.6. The highest BCUT2D eigenvalue weighted by Gasteiger charge is 2.51. The van der Waals surface area contributed by atoms with Crippen LogP contribution in [0.4, 0.5) is 0 Å². The van der Waals surface area contributed by atoms with Gasteiger partial charge in [0.15, 0.2) is 17.2 Å². The van der Waals surface area contributed by atoms with E-state index < -0.39 is 0 Å². The van der Waals surface area contributed by atoms with Crippen molar-refractivity contribution in [1.29, 1.82) is 5.26 Å². The van der Waals surface area contributed by atoms with Gasteiger partial charge in [-0.2, -0.15) is 5.26 Å². The van der Waals surface area contributed by atoms with Gasteiger partial charge in [0.1, 0.15) is 13.6 Å². The van der Waals surface area contributed by atoms with E-state index in [2.05, 4.69) is 42.0 Å². The molecule has 1 saturated carbocycles. The molecular formula is C23H25N2O2+. The number of nitriles is 1. The summed E-state index contributed by atoms with van der Waals surface area (Å²) >= 11 is 0. The van der Waals surface area contributed by atoms with E-state index in [-0.39, 0.29) is 5.41 Å². The quantitative estimate of drug-likeness (QED) is 0.781. The molecule has 0 amide bonds. The number of benzene rings is 2. The van der Waals surface area contributed by atoms with Gasteiger partial charge in [-0.25, -0.2) is 4.58 Å². The maximum Gasteiger partial charge on any atom is 0.194 e. The van der Waals surface area contributed by atoms with Crippen molar-refractivity contribution in [2.24, 2.45) is 0 Å². The van der Waals surface area contributed by atoms with Gasteiger partial charge in [-0.3, -0.25) is 0 Å². The van der Waals surface area contributed by atoms with Gasteiger partial charge < -0.3 is 9.47 Å². The first-order chi connectivity index (χ1) is 13.1. The fraction of sp³-hybridized carbons (Fsp3) is 0.391. The number of likely N-dealkylation sites (N-methyl/N-ethyl adjacent to an activating group) is 1. The predicted molar refractivity (Wildman–Crippen MR) is 105 cm³/mol. The summed E-state index contributed by atoms with van der Waals surface area (Å²) in [4.78, 5) is 0. The molecule has 0 spiro atoms. The van der Waals surface area contributed by atoms with Crippen molar-refractivity contribution in [3.8, 4) is 17.6 Å². The summed E-state index contributed by atoms with van der Waals surface area (Å²) < 4.78 is 13.5. The summed E-state index contributed by atoms with van der Waals surface area (Å²) in [6.07, 6.45) is 4.30. The Hall–Kier alpha value is -2.80. The minimum Gasteiger partial charge on any atom is -0.493 e. The molecule has 2 aromatic carbocycles. The molecule has 1 aliphatic carbocycles. The molecule has 0 atom stereocenters. The number of fused-ring (bicyclic) bond motifs is 1. The number of methoxy groups -OCH3 is 2. The number of nitrogens with zero attached hydrogens (tertiary/aromatic N) is 2. The molecule has 0 saturated heterocycles. The molecule has 1 aliphatic heterocycles. The first-order valence-corrected chi connectivity index (χ1v) is 9.48. The van der Waals surface area contributed by atoms with Crippen LogP contribution in [0.25, 0.3) is 0 Å². The Labute approximate surface area is 160 Å². The topological polar surface area (TPSA) is 45.3 Å². The molecule has 138 valence electrons. The molecule has 2 aromatic rings. The van der Waals surface area contributed by atoms with Crippen LogP contribution in [0.5, 0.6) is 11.5 Å². The zero-order valence-electron chi connectivity index (χ0n) is 16.2. The van der Waals surface area contributed by atoms with E-state index in [1.54, 1.807) is 14.2 Å². The minimum atomic E-state index is -0.101. The van der Waals surface area contributed by atoms with Crippen molar-refractivity contribution in [3.05, 3.63) is 58.7 Å². The van der Waals surface area contributed by atoms with Crippen molar-refractivity contribution >= 4 is 5.71 Å². The average Bonchev–Trinajstić information content (AvgIpc) is 2.68. The van der Waals surface area contributed by atoms with E-state index in [1.807, 2.05) is 12.1 Å². The molecule has 4 heteroatoms. The third-order valence-corrected chi connectivity index (χ3v) is 6.19. The Balaban J connectivity index is 1.95. The van der Waals surface area contributed by atoms with Crippen LogP contribution in [-0.2, 0) is 11.8 Å². The lowest BCUT2D eigenvalue weighted by Gasteiger charge is -2.43. The summed E-state index contributed by atoms with van der Waals surface area (Å²) in [7, 11) is 5.53. The fourth-order valence-corrected chi connectivity index (χ4v) is 4.74. The summed E-state index contributed by atoms with van der Waals surface area (Å²) in [6, 6.07) is 14.7. The van der Waals surface area contributed by atoms with Gasteiger partial charge in [0.25, 0.3) is 0 Å². The van der Waals surface area contributed by atoms with E-state index in [4.69, 9.17) is 9.47 Å². The largest absolute Gasteiger partial charge is 0.493 e. The van der Waals surface area contributed by atoms with Gasteiger partial charge in [-0.1, -0.05) is 24.6 Å². The Morgan fingerprint density at radius 2 is 1.78 bits per heavy atom. The molecule has 0 unspecified atom stereocenters. The maximum atomic E-state index is 9.70. The van der Waals surface area contributed by atoms with Crippen LogP contribution in [0.3, 0.4) is 0 Å². The first kappa shape index (κ1) is 17.6. The SMILES string of the molecule is COc1cc2c(cc1OC)C(C1(c3ccccc3C#N)CCC1)=[N+](C)CC2. The number of rotatable bonds is 4. The van der Waals surface area contributed by atoms with E-state index in [9.17, 15) is 5.26 Å². The molecule has 0 bridgehead atoms. The van der Waals surface area contributed by atoms with Gasteiger partial charge in [0, 0.05) is 12.0 Å². The molecular weight excluding hydrogens is 336 g/mol. The Bertz CT molecular complexity index is 965. The number of hydrogen-bond donors (Lipinski definition) is 0. The second-order valence-corrected chi connectivity index (χ2v) is 7.48. The summed E-state index contributed by atoms with van der Waals surface area (Å²) in [5.41, 5.74) is 5.68. The van der Waals surface area contributed by atoms with Crippen LogP contribution in [0.15, 0.2) is 36.4 Å². The van der Waals surface area contributed by atoms with Gasteiger partial charge in [-0.05, 0) is 42.2 Å². The summed E-state index contributed by atoms with van der Waals surface area (Å²) in [6.45, 7) is 0.967. The lowest BCUT2D eigenvalue weighted by molar-refractivity contribution is -0.501. The van der Waals surface area contributed by atoms with Crippen molar-refractivity contribution in [2.75, 3.05) is 27.8 Å². The van der Waals surface area contributed by atoms with Crippen LogP contribution < -0.4 is 9.47 Å². The van der Waals surface area contributed by atoms with Crippen molar-refractivity contribution < 1.29 is 14.0 Å². The Morgan fingerprint density at radius 1 is 1.07 bits per heavy atom. The zero-order chi connectivity index (χ0) is 19.0. The molecule has 4 rings (SSSR count). The third kappa shape index (κ3) is 2.61. The van der Waals surface area contributed by atoms with Crippen molar-refractivity contribution in [3.63, 3.8) is 0 Å². The average molecular weight is 361 g/mol. The first-order valence-electron chi connectivity index (χ1n) is 9.48. The molecule has 2 aliphatic rings. The highest BCUT2D eigenvalue weighted by atomic mass is 16.5. The zero-order valence-corrected chi connectivity index (χ0v) is 16.2.